The smallest absolute Gasteiger partial charge is 0.225 e. The summed E-state index contributed by atoms with van der Waals surface area (Å²) >= 11 is 3.36. The van der Waals surface area contributed by atoms with E-state index in [0.29, 0.717) is 26.1 Å². The lowest BCUT2D eigenvalue weighted by Crippen LogP contribution is -2.33. The van der Waals surface area contributed by atoms with Crippen molar-refractivity contribution in [2.24, 2.45) is 0 Å². The normalized spacial score (nSPS) is 12.4. The highest BCUT2D eigenvalue weighted by molar-refractivity contribution is 9.10. The van der Waals surface area contributed by atoms with Crippen molar-refractivity contribution >= 4 is 27.5 Å². The zero-order valence-corrected chi connectivity index (χ0v) is 13.4. The molecule has 1 aromatic rings. The van der Waals surface area contributed by atoms with Crippen molar-refractivity contribution in [3.63, 3.8) is 0 Å². The van der Waals surface area contributed by atoms with Crippen molar-refractivity contribution in [1.29, 1.82) is 0 Å². The second-order valence-electron chi connectivity index (χ2n) is 4.68. The average molecular weight is 345 g/mol. The summed E-state index contributed by atoms with van der Waals surface area (Å²) in [4.78, 5) is 13.7. The molecule has 20 heavy (non-hydrogen) atoms. The molecule has 5 nitrogen and oxygen atoms in total. The maximum Gasteiger partial charge on any atom is 0.225 e. The lowest BCUT2D eigenvalue weighted by atomic mass is 10.3. The molecule has 1 rings (SSSR count). The Morgan fingerprint density at radius 3 is 2.95 bits per heavy atom. The molecule has 0 bridgehead atoms. The number of carbonyl (C=O) groups excluding carboxylic acids is 1. The average Bonchev–Trinajstić information content (AvgIpc) is 2.36. The Hall–Kier alpha value is -0.950. The molecule has 0 aliphatic carbocycles. The molecule has 2 N–H and O–H groups in total. The molecule has 112 valence electrons. The minimum absolute atomic E-state index is 0.0452. The third-order valence-corrected chi connectivity index (χ3v) is 3.20. The summed E-state index contributed by atoms with van der Waals surface area (Å²) in [5.41, 5.74) is 0.770. The van der Waals surface area contributed by atoms with Crippen LogP contribution in [-0.4, -0.2) is 55.9 Å². The second kappa shape index (κ2) is 9.07. The number of benzene rings is 1. The van der Waals surface area contributed by atoms with E-state index >= 15 is 0 Å². The van der Waals surface area contributed by atoms with Crippen molar-refractivity contribution in [2.45, 2.75) is 12.5 Å². The van der Waals surface area contributed by atoms with Crippen LogP contribution in [0.4, 0.5) is 5.69 Å². The fourth-order valence-corrected chi connectivity index (χ4v) is 2.18. The van der Waals surface area contributed by atoms with Gasteiger partial charge in [0.15, 0.2) is 0 Å². The summed E-state index contributed by atoms with van der Waals surface area (Å²) in [6, 6.07) is 7.46. The number of halogens is 1. The highest BCUT2D eigenvalue weighted by Crippen LogP contribution is 2.15. The van der Waals surface area contributed by atoms with Crippen LogP contribution in [0.3, 0.4) is 0 Å². The molecule has 0 aromatic heterocycles. The molecular weight excluding hydrogens is 324 g/mol. The van der Waals surface area contributed by atoms with Gasteiger partial charge >= 0.3 is 0 Å². The summed E-state index contributed by atoms with van der Waals surface area (Å²) < 4.78 is 5.79. The first-order chi connectivity index (χ1) is 9.51. The number of nitrogens with zero attached hydrogens (tertiary/aromatic N) is 1. The first kappa shape index (κ1) is 17.1. The standard InChI is InChI=1S/C14H21BrN2O3/c1-17(9-13(18)10-20-2)7-6-14(19)16-12-5-3-4-11(15)8-12/h3-5,8,13,18H,6-7,9-10H2,1-2H3,(H,16,19). The number of ether oxygens (including phenoxy) is 1. The molecule has 0 saturated carbocycles. The molecular formula is C14H21BrN2O3. The number of hydrogen-bond acceptors (Lipinski definition) is 4. The van der Waals surface area contributed by atoms with Crippen LogP contribution in [0.15, 0.2) is 28.7 Å². The van der Waals surface area contributed by atoms with Crippen LogP contribution in [0.25, 0.3) is 0 Å². The maximum absolute atomic E-state index is 11.8. The van der Waals surface area contributed by atoms with Crippen LogP contribution < -0.4 is 5.32 Å². The Kier molecular flexibility index (Phi) is 7.76. The summed E-state index contributed by atoms with van der Waals surface area (Å²) in [6.45, 7) is 1.37. The van der Waals surface area contributed by atoms with E-state index in [9.17, 15) is 9.90 Å². The molecule has 0 radical (unpaired) electrons. The predicted molar refractivity (Wildman–Crippen MR) is 82.8 cm³/mol. The third kappa shape index (κ3) is 7.00. The largest absolute Gasteiger partial charge is 0.389 e. The molecule has 1 aromatic carbocycles. The fourth-order valence-electron chi connectivity index (χ4n) is 1.78. The number of aliphatic hydroxyl groups is 1. The fraction of sp³-hybridized carbons (Fsp3) is 0.500. The number of rotatable bonds is 8. The molecule has 1 amide bonds. The van der Waals surface area contributed by atoms with Gasteiger partial charge in [0.25, 0.3) is 0 Å². The molecule has 0 heterocycles. The van der Waals surface area contributed by atoms with Gasteiger partial charge in [0.05, 0.1) is 12.7 Å². The number of hydrogen-bond donors (Lipinski definition) is 2. The topological polar surface area (TPSA) is 61.8 Å². The Bertz CT molecular complexity index is 429. The van der Waals surface area contributed by atoms with E-state index in [4.69, 9.17) is 4.74 Å². The Morgan fingerprint density at radius 2 is 2.30 bits per heavy atom. The minimum Gasteiger partial charge on any atom is -0.389 e. The maximum atomic E-state index is 11.8. The van der Waals surface area contributed by atoms with E-state index in [1.807, 2.05) is 36.2 Å². The van der Waals surface area contributed by atoms with Gasteiger partial charge in [-0.2, -0.15) is 0 Å². The highest BCUT2D eigenvalue weighted by Gasteiger charge is 2.10. The number of amides is 1. The molecule has 0 spiro atoms. The summed E-state index contributed by atoms with van der Waals surface area (Å²) in [5.74, 6) is -0.0452. The summed E-state index contributed by atoms with van der Waals surface area (Å²) in [6.07, 6.45) is -0.152. The van der Waals surface area contributed by atoms with Crippen molar-refractivity contribution in [3.05, 3.63) is 28.7 Å². The lowest BCUT2D eigenvalue weighted by Gasteiger charge is -2.19. The van der Waals surface area contributed by atoms with E-state index in [1.54, 1.807) is 7.11 Å². The Morgan fingerprint density at radius 1 is 1.55 bits per heavy atom. The van der Waals surface area contributed by atoms with Crippen molar-refractivity contribution in [3.8, 4) is 0 Å². The number of methoxy groups -OCH3 is 1. The second-order valence-corrected chi connectivity index (χ2v) is 5.60. The van der Waals surface area contributed by atoms with Gasteiger partial charge in [-0.1, -0.05) is 22.0 Å². The summed E-state index contributed by atoms with van der Waals surface area (Å²) in [5, 5.41) is 12.4. The number of nitrogens with one attached hydrogen (secondary N) is 1. The van der Waals surface area contributed by atoms with Gasteiger partial charge in [-0.15, -0.1) is 0 Å². The molecule has 1 atom stereocenters. The summed E-state index contributed by atoms with van der Waals surface area (Å²) in [7, 11) is 3.42. The molecule has 0 aliphatic heterocycles. The number of aliphatic hydroxyl groups excluding tert-OH is 1. The third-order valence-electron chi connectivity index (χ3n) is 2.71. The van der Waals surface area contributed by atoms with Gasteiger partial charge in [0, 0.05) is 36.8 Å². The van der Waals surface area contributed by atoms with Crippen LogP contribution in [0.2, 0.25) is 0 Å². The zero-order chi connectivity index (χ0) is 15.0. The van der Waals surface area contributed by atoms with Crippen LogP contribution in [-0.2, 0) is 9.53 Å². The van der Waals surface area contributed by atoms with Gasteiger partial charge in [-0.05, 0) is 25.2 Å². The minimum atomic E-state index is -0.530. The van der Waals surface area contributed by atoms with E-state index < -0.39 is 6.10 Å². The number of anilines is 1. The lowest BCUT2D eigenvalue weighted by molar-refractivity contribution is -0.116. The van der Waals surface area contributed by atoms with Gasteiger partial charge in [0.2, 0.25) is 5.91 Å². The van der Waals surface area contributed by atoms with E-state index in [2.05, 4.69) is 21.2 Å². The first-order valence-corrected chi connectivity index (χ1v) is 7.21. The Balaban J connectivity index is 2.29. The van der Waals surface area contributed by atoms with Crippen LogP contribution in [0.1, 0.15) is 6.42 Å². The number of likely N-dealkylation sites (N-methyl/N-ethyl adjacent to an activating group) is 1. The van der Waals surface area contributed by atoms with Crippen molar-refractivity contribution < 1.29 is 14.6 Å². The SMILES string of the molecule is COCC(O)CN(C)CCC(=O)Nc1cccc(Br)c1. The van der Waals surface area contributed by atoms with E-state index in [1.165, 1.54) is 0 Å². The van der Waals surface area contributed by atoms with Crippen molar-refractivity contribution in [2.75, 3.05) is 39.2 Å². The predicted octanol–water partition coefficient (Wildman–Crippen LogP) is 1.72. The molecule has 0 aliphatic rings. The van der Waals surface area contributed by atoms with Crippen molar-refractivity contribution in [1.82, 2.24) is 4.90 Å². The van der Waals surface area contributed by atoms with Gasteiger partial charge in [-0.3, -0.25) is 4.79 Å². The highest BCUT2D eigenvalue weighted by atomic mass is 79.9. The molecule has 0 saturated heterocycles. The molecule has 1 unspecified atom stereocenters. The quantitative estimate of drug-likeness (QED) is 0.753. The zero-order valence-electron chi connectivity index (χ0n) is 11.8. The van der Waals surface area contributed by atoms with E-state index in [0.717, 1.165) is 10.2 Å². The first-order valence-electron chi connectivity index (χ1n) is 6.42. The molecule has 0 fully saturated rings. The monoisotopic (exact) mass is 344 g/mol. The van der Waals surface area contributed by atoms with Gasteiger partial charge < -0.3 is 20.1 Å². The van der Waals surface area contributed by atoms with Gasteiger partial charge in [-0.25, -0.2) is 0 Å². The van der Waals surface area contributed by atoms with Crippen LogP contribution in [0.5, 0.6) is 0 Å². The van der Waals surface area contributed by atoms with Crippen LogP contribution in [0, 0.1) is 0 Å². The number of carbonyl (C=O) groups is 1. The Labute approximate surface area is 128 Å². The van der Waals surface area contributed by atoms with Gasteiger partial charge in [0.1, 0.15) is 0 Å². The molecule has 6 heteroatoms. The van der Waals surface area contributed by atoms with Crippen LogP contribution >= 0.6 is 15.9 Å². The van der Waals surface area contributed by atoms with E-state index in [-0.39, 0.29) is 5.91 Å².